The van der Waals surface area contributed by atoms with Crippen LogP contribution >= 0.6 is 0 Å². The summed E-state index contributed by atoms with van der Waals surface area (Å²) >= 11 is 0. The SMILES string of the molecule is C=C1C2=CC(=O)CC[C@]2(C)[C@@H]2CC[C@]3(C)C(=O)CC[C@H]3[C@@H]2C1(C)C. The molecule has 0 radical (unpaired) electrons. The Morgan fingerprint density at radius 1 is 0.958 bits per heavy atom. The molecule has 24 heavy (non-hydrogen) atoms. The predicted octanol–water partition coefficient (Wildman–Crippen LogP) is 4.89. The molecule has 130 valence electrons. The van der Waals surface area contributed by atoms with Crippen molar-refractivity contribution in [1.82, 2.24) is 0 Å². The Morgan fingerprint density at radius 2 is 1.62 bits per heavy atom. The Kier molecular flexibility index (Phi) is 3.20. The zero-order valence-electron chi connectivity index (χ0n) is 15.6. The van der Waals surface area contributed by atoms with Gasteiger partial charge < -0.3 is 0 Å². The quantitative estimate of drug-likeness (QED) is 0.635. The van der Waals surface area contributed by atoms with E-state index in [1.54, 1.807) is 0 Å². The van der Waals surface area contributed by atoms with Gasteiger partial charge in [-0.2, -0.15) is 0 Å². The number of carbonyl (C=O) groups is 2. The average Bonchev–Trinajstić information content (AvgIpc) is 2.82. The largest absolute Gasteiger partial charge is 0.299 e. The molecular formula is C22H30O2. The van der Waals surface area contributed by atoms with Gasteiger partial charge in [-0.3, -0.25) is 9.59 Å². The third kappa shape index (κ3) is 1.78. The summed E-state index contributed by atoms with van der Waals surface area (Å²) in [5, 5.41) is 0. The molecule has 4 aliphatic carbocycles. The van der Waals surface area contributed by atoms with Crippen molar-refractivity contribution in [3.05, 3.63) is 23.8 Å². The van der Waals surface area contributed by atoms with E-state index < -0.39 is 0 Å². The molecule has 3 saturated carbocycles. The van der Waals surface area contributed by atoms with Crippen LogP contribution in [0.1, 0.15) is 66.2 Å². The van der Waals surface area contributed by atoms with Crippen molar-refractivity contribution in [2.75, 3.05) is 0 Å². The van der Waals surface area contributed by atoms with Gasteiger partial charge in [-0.1, -0.05) is 34.3 Å². The summed E-state index contributed by atoms with van der Waals surface area (Å²) < 4.78 is 0. The third-order valence-electron chi connectivity index (χ3n) is 8.55. The first-order valence-electron chi connectivity index (χ1n) is 9.60. The van der Waals surface area contributed by atoms with Crippen LogP contribution in [0.25, 0.3) is 0 Å². The lowest BCUT2D eigenvalue weighted by Crippen LogP contribution is -2.57. The highest BCUT2D eigenvalue weighted by atomic mass is 16.1. The number of carbonyl (C=O) groups excluding carboxylic acids is 2. The van der Waals surface area contributed by atoms with E-state index in [9.17, 15) is 9.59 Å². The van der Waals surface area contributed by atoms with Crippen LogP contribution < -0.4 is 0 Å². The molecule has 0 saturated heterocycles. The molecule has 0 amide bonds. The molecule has 0 unspecified atom stereocenters. The summed E-state index contributed by atoms with van der Waals surface area (Å²) in [6, 6.07) is 0. The maximum atomic E-state index is 12.6. The fraction of sp³-hybridized carbons (Fsp3) is 0.727. The molecule has 5 atom stereocenters. The molecule has 2 nitrogen and oxygen atoms in total. The first kappa shape index (κ1) is 16.3. The lowest BCUT2D eigenvalue weighted by Gasteiger charge is -2.63. The maximum Gasteiger partial charge on any atom is 0.156 e. The van der Waals surface area contributed by atoms with Crippen LogP contribution in [0.2, 0.25) is 0 Å². The number of rotatable bonds is 0. The van der Waals surface area contributed by atoms with E-state index in [2.05, 4.69) is 34.3 Å². The van der Waals surface area contributed by atoms with Gasteiger partial charge in [0.05, 0.1) is 0 Å². The van der Waals surface area contributed by atoms with E-state index in [4.69, 9.17) is 0 Å². The van der Waals surface area contributed by atoms with Crippen molar-refractivity contribution in [3.8, 4) is 0 Å². The molecule has 0 aromatic carbocycles. The van der Waals surface area contributed by atoms with Gasteiger partial charge in [0.1, 0.15) is 5.78 Å². The van der Waals surface area contributed by atoms with Crippen LogP contribution in [-0.4, -0.2) is 11.6 Å². The normalized spacial score (nSPS) is 46.9. The molecule has 2 heteroatoms. The van der Waals surface area contributed by atoms with E-state index >= 15 is 0 Å². The van der Waals surface area contributed by atoms with E-state index in [-0.39, 0.29) is 22.0 Å². The minimum absolute atomic E-state index is 0.0371. The molecule has 0 bridgehead atoms. The molecule has 0 heterocycles. The van der Waals surface area contributed by atoms with Gasteiger partial charge in [0.2, 0.25) is 0 Å². The minimum Gasteiger partial charge on any atom is -0.299 e. The number of allylic oxidation sites excluding steroid dienone is 2. The topological polar surface area (TPSA) is 34.1 Å². The van der Waals surface area contributed by atoms with Gasteiger partial charge in [0, 0.05) is 18.3 Å². The van der Waals surface area contributed by atoms with E-state index in [1.165, 1.54) is 5.57 Å². The van der Waals surface area contributed by atoms with Crippen molar-refractivity contribution < 1.29 is 9.59 Å². The number of fused-ring (bicyclic) bond motifs is 5. The number of hydrogen-bond acceptors (Lipinski definition) is 2. The van der Waals surface area contributed by atoms with Gasteiger partial charge in [0.25, 0.3) is 0 Å². The molecule has 0 N–H and O–H groups in total. The van der Waals surface area contributed by atoms with Crippen molar-refractivity contribution >= 4 is 11.6 Å². The Bertz CT molecular complexity index is 682. The monoisotopic (exact) mass is 326 g/mol. The molecule has 4 rings (SSSR count). The third-order valence-corrected chi connectivity index (χ3v) is 8.55. The molecule has 3 fully saturated rings. The summed E-state index contributed by atoms with van der Waals surface area (Å²) in [4.78, 5) is 24.7. The molecule has 0 aliphatic heterocycles. The van der Waals surface area contributed by atoms with Crippen LogP contribution in [0.3, 0.4) is 0 Å². The second-order valence-corrected chi connectivity index (χ2v) is 9.80. The molecular weight excluding hydrogens is 296 g/mol. The van der Waals surface area contributed by atoms with Gasteiger partial charge in [-0.05, 0) is 71.5 Å². The van der Waals surface area contributed by atoms with Crippen LogP contribution in [0.4, 0.5) is 0 Å². The summed E-state index contributed by atoms with van der Waals surface area (Å²) in [6.45, 7) is 13.7. The first-order chi connectivity index (χ1) is 11.1. The highest BCUT2D eigenvalue weighted by Crippen LogP contribution is 2.69. The highest BCUT2D eigenvalue weighted by Gasteiger charge is 2.64. The first-order valence-corrected chi connectivity index (χ1v) is 9.60. The van der Waals surface area contributed by atoms with Gasteiger partial charge in [0.15, 0.2) is 5.78 Å². The fourth-order valence-corrected chi connectivity index (χ4v) is 6.92. The fourth-order valence-electron chi connectivity index (χ4n) is 6.92. The van der Waals surface area contributed by atoms with Crippen molar-refractivity contribution in [2.45, 2.75) is 66.2 Å². The number of hydrogen-bond donors (Lipinski definition) is 0. The molecule has 0 aromatic rings. The molecule has 0 aromatic heterocycles. The Labute approximate surface area is 145 Å². The lowest BCUT2D eigenvalue weighted by molar-refractivity contribution is -0.136. The number of ketones is 2. The zero-order chi connectivity index (χ0) is 17.5. The van der Waals surface area contributed by atoms with Crippen molar-refractivity contribution in [2.24, 2.45) is 34.0 Å². The van der Waals surface area contributed by atoms with Crippen molar-refractivity contribution in [1.29, 1.82) is 0 Å². The zero-order valence-corrected chi connectivity index (χ0v) is 15.6. The second-order valence-electron chi connectivity index (χ2n) is 9.80. The highest BCUT2D eigenvalue weighted by molar-refractivity contribution is 5.93. The summed E-state index contributed by atoms with van der Waals surface area (Å²) in [6.07, 6.45) is 7.45. The van der Waals surface area contributed by atoms with Crippen molar-refractivity contribution in [3.63, 3.8) is 0 Å². The standard InChI is InChI=1S/C22H30O2/c1-13-17-12-14(23)8-10-21(17,4)16-9-11-22(5)15(6-7-18(22)24)19(16)20(13,2)3/h12,15-16,19H,1,6-11H2,2-5H3/t15-,16+,19-,21+,22-/m0/s1. The maximum absolute atomic E-state index is 12.6. The second kappa shape index (κ2) is 4.71. The molecule has 4 aliphatic rings. The van der Waals surface area contributed by atoms with E-state index in [0.29, 0.717) is 30.0 Å². The van der Waals surface area contributed by atoms with Crippen LogP contribution in [-0.2, 0) is 9.59 Å². The van der Waals surface area contributed by atoms with Crippen LogP contribution in [0.5, 0.6) is 0 Å². The van der Waals surface area contributed by atoms with Crippen LogP contribution in [0.15, 0.2) is 23.8 Å². The summed E-state index contributed by atoms with van der Waals surface area (Å²) in [5.41, 5.74) is 2.28. The smallest absolute Gasteiger partial charge is 0.156 e. The van der Waals surface area contributed by atoms with Gasteiger partial charge in [-0.25, -0.2) is 0 Å². The lowest BCUT2D eigenvalue weighted by atomic mass is 9.41. The van der Waals surface area contributed by atoms with E-state index in [1.807, 2.05) is 6.08 Å². The van der Waals surface area contributed by atoms with Gasteiger partial charge >= 0.3 is 0 Å². The average molecular weight is 326 g/mol. The van der Waals surface area contributed by atoms with Crippen LogP contribution in [0, 0.1) is 34.0 Å². The van der Waals surface area contributed by atoms with E-state index in [0.717, 1.165) is 37.7 Å². The number of Topliss-reactive ketones (excluding diaryl/α,β-unsaturated/α-hetero) is 1. The van der Waals surface area contributed by atoms with Gasteiger partial charge in [-0.15, -0.1) is 0 Å². The molecule has 0 spiro atoms. The Morgan fingerprint density at radius 3 is 2.33 bits per heavy atom. The Balaban J connectivity index is 1.87. The Hall–Kier alpha value is -1.18. The summed E-state index contributed by atoms with van der Waals surface area (Å²) in [5.74, 6) is 2.30. The predicted molar refractivity (Wildman–Crippen MR) is 95.4 cm³/mol. The minimum atomic E-state index is -0.124. The summed E-state index contributed by atoms with van der Waals surface area (Å²) in [7, 11) is 0.